The van der Waals surface area contributed by atoms with E-state index in [0.717, 1.165) is 0 Å². The van der Waals surface area contributed by atoms with Crippen molar-refractivity contribution >= 4 is 5.97 Å². The lowest BCUT2D eigenvalue weighted by Gasteiger charge is -2.29. The average Bonchev–Trinajstić information content (AvgIpc) is 2.19. The van der Waals surface area contributed by atoms with Crippen molar-refractivity contribution in [1.82, 2.24) is 0 Å². The third kappa shape index (κ3) is 4.15. The van der Waals surface area contributed by atoms with Crippen LogP contribution in [0.25, 0.3) is 0 Å². The maximum atomic E-state index is 11.6. The van der Waals surface area contributed by atoms with Crippen LogP contribution < -0.4 is 0 Å². The molecule has 0 aromatic heterocycles. The molecule has 0 spiro atoms. The zero-order chi connectivity index (χ0) is 11.7. The van der Waals surface area contributed by atoms with Gasteiger partial charge >= 0.3 is 11.9 Å². The van der Waals surface area contributed by atoms with Gasteiger partial charge in [-0.05, 0) is 27.7 Å². The quantitative estimate of drug-likeness (QED) is 0.456. The zero-order valence-electron chi connectivity index (χ0n) is 9.87. The second-order valence-electron chi connectivity index (χ2n) is 2.58. The normalized spacial score (nSPS) is 11.5. The van der Waals surface area contributed by atoms with E-state index in [1.54, 1.807) is 27.7 Å². The summed E-state index contributed by atoms with van der Waals surface area (Å²) in [7, 11) is 0. The molecule has 15 heavy (non-hydrogen) atoms. The van der Waals surface area contributed by atoms with E-state index in [1.807, 2.05) is 0 Å². The van der Waals surface area contributed by atoms with E-state index >= 15 is 0 Å². The summed E-state index contributed by atoms with van der Waals surface area (Å²) in [5, 5.41) is 0. The number of rotatable bonds is 8. The molecule has 0 N–H and O–H groups in total. The largest absolute Gasteiger partial charge is 0.460 e. The summed E-state index contributed by atoms with van der Waals surface area (Å²) in [6.07, 6.45) is 0. The highest BCUT2D eigenvalue weighted by molar-refractivity contribution is 5.76. The maximum absolute atomic E-state index is 11.6. The number of hydrogen-bond acceptors (Lipinski definition) is 5. The van der Waals surface area contributed by atoms with E-state index < -0.39 is 11.9 Å². The highest BCUT2D eigenvalue weighted by atomic mass is 16.9. The van der Waals surface area contributed by atoms with Crippen LogP contribution in [0.2, 0.25) is 0 Å². The monoisotopic (exact) mass is 220 g/mol. The highest BCUT2D eigenvalue weighted by Crippen LogP contribution is 2.17. The summed E-state index contributed by atoms with van der Waals surface area (Å²) in [6.45, 7) is 8.15. The third-order valence-corrected chi connectivity index (χ3v) is 1.53. The van der Waals surface area contributed by atoms with Gasteiger partial charge in [-0.2, -0.15) is 0 Å². The number of ether oxygens (including phenoxy) is 4. The van der Waals surface area contributed by atoms with E-state index in [2.05, 4.69) is 0 Å². The molecule has 0 aliphatic rings. The second-order valence-corrected chi connectivity index (χ2v) is 2.58. The Labute approximate surface area is 90.6 Å². The molecule has 0 atom stereocenters. The van der Waals surface area contributed by atoms with Crippen LogP contribution in [0.4, 0.5) is 0 Å². The first-order valence-corrected chi connectivity index (χ1v) is 5.25. The van der Waals surface area contributed by atoms with Gasteiger partial charge in [0.2, 0.25) is 0 Å². The molecule has 0 saturated heterocycles. The van der Waals surface area contributed by atoms with Gasteiger partial charge in [0.1, 0.15) is 0 Å². The molecule has 0 unspecified atom stereocenters. The third-order valence-electron chi connectivity index (χ3n) is 1.53. The highest BCUT2D eigenvalue weighted by Gasteiger charge is 2.43. The van der Waals surface area contributed by atoms with Crippen molar-refractivity contribution in [3.63, 3.8) is 0 Å². The molecule has 5 nitrogen and oxygen atoms in total. The Morgan fingerprint density at radius 2 is 1.27 bits per heavy atom. The van der Waals surface area contributed by atoms with Gasteiger partial charge in [0.15, 0.2) is 0 Å². The van der Waals surface area contributed by atoms with E-state index in [4.69, 9.17) is 18.9 Å². The van der Waals surface area contributed by atoms with Crippen LogP contribution >= 0.6 is 0 Å². The Balaban J connectivity index is 4.65. The maximum Gasteiger partial charge on any atom is 0.398 e. The minimum atomic E-state index is -1.70. The predicted molar refractivity (Wildman–Crippen MR) is 54.2 cm³/mol. The first-order chi connectivity index (χ1) is 7.16. The predicted octanol–water partition coefficient (Wildman–Crippen LogP) is 1.31. The minimum absolute atomic E-state index is 0.258. The fourth-order valence-electron chi connectivity index (χ4n) is 1.09. The van der Waals surface area contributed by atoms with Crippen LogP contribution in [0.5, 0.6) is 0 Å². The summed E-state index contributed by atoms with van der Waals surface area (Å²) in [4.78, 5) is 11.6. The van der Waals surface area contributed by atoms with Gasteiger partial charge < -0.3 is 18.9 Å². The smallest absolute Gasteiger partial charge is 0.398 e. The summed E-state index contributed by atoms with van der Waals surface area (Å²) in [5.41, 5.74) is 0. The van der Waals surface area contributed by atoms with Crippen molar-refractivity contribution in [3.05, 3.63) is 0 Å². The minimum Gasteiger partial charge on any atom is -0.460 e. The Hall–Kier alpha value is -0.650. The summed E-state index contributed by atoms with van der Waals surface area (Å²) in [5.74, 6) is -2.34. The first-order valence-electron chi connectivity index (χ1n) is 5.25. The molecule has 0 radical (unpaired) electrons. The molecule has 0 aromatic carbocycles. The van der Waals surface area contributed by atoms with Crippen LogP contribution in [-0.2, 0) is 23.7 Å². The van der Waals surface area contributed by atoms with Crippen molar-refractivity contribution in [1.29, 1.82) is 0 Å². The van der Waals surface area contributed by atoms with Gasteiger partial charge in [0.25, 0.3) is 0 Å². The van der Waals surface area contributed by atoms with Crippen LogP contribution in [0, 0.1) is 0 Å². The van der Waals surface area contributed by atoms with Crippen molar-refractivity contribution < 1.29 is 23.7 Å². The van der Waals surface area contributed by atoms with Gasteiger partial charge in [-0.15, -0.1) is 0 Å². The first kappa shape index (κ1) is 14.3. The van der Waals surface area contributed by atoms with Gasteiger partial charge in [0, 0.05) is 0 Å². The summed E-state index contributed by atoms with van der Waals surface area (Å²) >= 11 is 0. The van der Waals surface area contributed by atoms with Crippen molar-refractivity contribution in [3.8, 4) is 0 Å². The molecule has 0 saturated carbocycles. The Kier molecular flexibility index (Phi) is 7.29. The van der Waals surface area contributed by atoms with Crippen LogP contribution in [0.15, 0.2) is 0 Å². The van der Waals surface area contributed by atoms with Crippen LogP contribution in [0.3, 0.4) is 0 Å². The van der Waals surface area contributed by atoms with E-state index in [1.165, 1.54) is 0 Å². The molecule has 0 aliphatic carbocycles. The lowest BCUT2D eigenvalue weighted by Crippen LogP contribution is -2.48. The molecule has 0 aromatic rings. The lowest BCUT2D eigenvalue weighted by molar-refractivity contribution is -0.360. The molecule has 0 bridgehead atoms. The molecular formula is C10H20O5. The summed E-state index contributed by atoms with van der Waals surface area (Å²) in [6, 6.07) is 0. The standard InChI is InChI=1S/C10H20O5/c1-5-12-9(11)10(13-6-2,14-7-3)15-8-4/h5-8H2,1-4H3. The second kappa shape index (κ2) is 7.62. The van der Waals surface area contributed by atoms with Crippen LogP contribution in [0.1, 0.15) is 27.7 Å². The van der Waals surface area contributed by atoms with Crippen molar-refractivity contribution in [2.24, 2.45) is 0 Å². The number of carbonyl (C=O) groups is 1. The Morgan fingerprint density at radius 1 is 0.867 bits per heavy atom. The van der Waals surface area contributed by atoms with Gasteiger partial charge in [-0.3, -0.25) is 0 Å². The average molecular weight is 220 g/mol. The molecule has 0 amide bonds. The van der Waals surface area contributed by atoms with E-state index in [0.29, 0.717) is 19.8 Å². The molecule has 90 valence electrons. The molecular weight excluding hydrogens is 200 g/mol. The van der Waals surface area contributed by atoms with Crippen LogP contribution in [-0.4, -0.2) is 38.4 Å². The Morgan fingerprint density at radius 3 is 1.53 bits per heavy atom. The fourth-order valence-corrected chi connectivity index (χ4v) is 1.09. The fraction of sp³-hybridized carbons (Fsp3) is 0.900. The van der Waals surface area contributed by atoms with Crippen molar-refractivity contribution in [2.75, 3.05) is 26.4 Å². The number of hydrogen-bond donors (Lipinski definition) is 0. The lowest BCUT2D eigenvalue weighted by atomic mass is 10.5. The molecule has 5 heteroatoms. The van der Waals surface area contributed by atoms with Crippen molar-refractivity contribution in [2.45, 2.75) is 33.7 Å². The van der Waals surface area contributed by atoms with E-state index in [9.17, 15) is 4.79 Å². The molecule has 0 aliphatic heterocycles. The van der Waals surface area contributed by atoms with Gasteiger partial charge in [0.05, 0.1) is 26.4 Å². The molecule has 0 rings (SSSR count). The molecule has 0 heterocycles. The summed E-state index contributed by atoms with van der Waals surface area (Å²) < 4.78 is 20.5. The Bertz CT molecular complexity index is 164. The van der Waals surface area contributed by atoms with Gasteiger partial charge in [-0.1, -0.05) is 0 Å². The topological polar surface area (TPSA) is 54.0 Å². The number of esters is 1. The zero-order valence-corrected chi connectivity index (χ0v) is 9.87. The SMILES string of the molecule is CCOC(=O)C(OCC)(OCC)OCC. The number of carbonyl (C=O) groups excluding carboxylic acids is 1. The van der Waals surface area contributed by atoms with Gasteiger partial charge in [-0.25, -0.2) is 4.79 Å². The molecule has 0 fully saturated rings. The van der Waals surface area contributed by atoms with E-state index in [-0.39, 0.29) is 6.61 Å².